The molecule has 2 N–H and O–H groups in total. The first-order chi connectivity index (χ1) is 11.7. The summed E-state index contributed by atoms with van der Waals surface area (Å²) in [5.74, 6) is 2.36. The number of methoxy groups -OCH3 is 1. The lowest BCUT2D eigenvalue weighted by Gasteiger charge is -2.09. The van der Waals surface area contributed by atoms with Crippen LogP contribution in [0.4, 0.5) is 5.13 Å². The van der Waals surface area contributed by atoms with Crippen molar-refractivity contribution in [3.05, 3.63) is 53.9 Å². The molecule has 0 amide bonds. The van der Waals surface area contributed by atoms with Crippen LogP contribution in [0, 0.1) is 0 Å². The summed E-state index contributed by atoms with van der Waals surface area (Å²) in [6.45, 7) is 0.912. The topological polar surface area (TPSA) is 66.6 Å². The molecule has 0 aliphatic rings. The second kappa shape index (κ2) is 7.70. The van der Waals surface area contributed by atoms with Crippen LogP contribution in [0.15, 0.2) is 53.9 Å². The maximum absolute atomic E-state index is 5.74. The number of hydrogen-bond donors (Lipinski definition) is 1. The quantitative estimate of drug-likeness (QED) is 0.661. The van der Waals surface area contributed by atoms with E-state index < -0.39 is 0 Å². The van der Waals surface area contributed by atoms with E-state index in [2.05, 4.69) is 4.98 Å². The number of benzene rings is 2. The molecule has 0 radical (unpaired) electrons. The molecule has 2 aromatic carbocycles. The summed E-state index contributed by atoms with van der Waals surface area (Å²) in [6.07, 6.45) is 0. The van der Waals surface area contributed by atoms with E-state index in [0.717, 1.165) is 28.5 Å². The van der Waals surface area contributed by atoms with Gasteiger partial charge in [-0.1, -0.05) is 12.1 Å². The molecule has 5 nitrogen and oxygen atoms in total. The fourth-order valence-electron chi connectivity index (χ4n) is 2.16. The highest BCUT2D eigenvalue weighted by molar-refractivity contribution is 7.13. The maximum atomic E-state index is 5.74. The second-order valence-corrected chi connectivity index (χ2v) is 5.86. The van der Waals surface area contributed by atoms with Crippen LogP contribution in [-0.4, -0.2) is 25.3 Å². The van der Waals surface area contributed by atoms with Crippen molar-refractivity contribution >= 4 is 16.5 Å². The molecular weight excluding hydrogens is 324 g/mol. The third-order valence-electron chi connectivity index (χ3n) is 3.33. The average Bonchev–Trinajstić information content (AvgIpc) is 3.06. The van der Waals surface area contributed by atoms with Crippen molar-refractivity contribution in [1.29, 1.82) is 0 Å². The summed E-state index contributed by atoms with van der Waals surface area (Å²) < 4.78 is 16.5. The van der Waals surface area contributed by atoms with Gasteiger partial charge in [-0.3, -0.25) is 0 Å². The number of aromatic nitrogens is 1. The van der Waals surface area contributed by atoms with Gasteiger partial charge in [-0.15, -0.1) is 11.3 Å². The van der Waals surface area contributed by atoms with Crippen molar-refractivity contribution < 1.29 is 14.2 Å². The molecule has 0 bridgehead atoms. The summed E-state index contributed by atoms with van der Waals surface area (Å²) in [7, 11) is 1.64. The molecular formula is C18H18N2O3S. The lowest BCUT2D eigenvalue weighted by Crippen LogP contribution is -2.08. The molecule has 3 rings (SSSR count). The third kappa shape index (κ3) is 4.17. The number of hydrogen-bond acceptors (Lipinski definition) is 6. The Hall–Kier alpha value is -2.73. The zero-order valence-electron chi connectivity index (χ0n) is 13.3. The van der Waals surface area contributed by atoms with Crippen LogP contribution < -0.4 is 19.9 Å². The molecule has 0 aliphatic carbocycles. The van der Waals surface area contributed by atoms with Gasteiger partial charge in [0, 0.05) is 10.9 Å². The highest BCUT2D eigenvalue weighted by atomic mass is 32.1. The summed E-state index contributed by atoms with van der Waals surface area (Å²) >= 11 is 1.42. The van der Waals surface area contributed by atoms with Crippen LogP contribution >= 0.6 is 11.3 Å². The van der Waals surface area contributed by atoms with Gasteiger partial charge in [-0.25, -0.2) is 4.98 Å². The molecule has 6 heteroatoms. The van der Waals surface area contributed by atoms with Crippen molar-refractivity contribution in [2.75, 3.05) is 26.1 Å². The van der Waals surface area contributed by atoms with Gasteiger partial charge < -0.3 is 19.9 Å². The number of thiazole rings is 1. The average molecular weight is 342 g/mol. The van der Waals surface area contributed by atoms with Gasteiger partial charge >= 0.3 is 0 Å². The minimum atomic E-state index is 0.453. The lowest BCUT2D eigenvalue weighted by molar-refractivity contribution is 0.217. The monoisotopic (exact) mass is 342 g/mol. The Kier molecular flexibility index (Phi) is 5.18. The molecule has 1 aromatic heterocycles. The van der Waals surface area contributed by atoms with Gasteiger partial charge in [-0.05, 0) is 36.4 Å². The number of nitrogens with two attached hydrogens (primary N) is 1. The summed E-state index contributed by atoms with van der Waals surface area (Å²) in [6, 6.07) is 15.2. The van der Waals surface area contributed by atoms with Crippen LogP contribution in [0.3, 0.4) is 0 Å². The maximum Gasteiger partial charge on any atom is 0.180 e. The molecule has 1 heterocycles. The zero-order chi connectivity index (χ0) is 16.8. The van der Waals surface area contributed by atoms with Crippen molar-refractivity contribution in [3.63, 3.8) is 0 Å². The summed E-state index contributed by atoms with van der Waals surface area (Å²) in [5.41, 5.74) is 7.52. The minimum Gasteiger partial charge on any atom is -0.497 e. The van der Waals surface area contributed by atoms with E-state index in [-0.39, 0.29) is 0 Å². The van der Waals surface area contributed by atoms with Gasteiger partial charge in [0.1, 0.15) is 30.5 Å². The molecule has 0 atom stereocenters. The largest absolute Gasteiger partial charge is 0.497 e. The van der Waals surface area contributed by atoms with E-state index in [0.29, 0.717) is 18.3 Å². The van der Waals surface area contributed by atoms with E-state index in [1.807, 2.05) is 53.9 Å². The molecule has 0 saturated heterocycles. The number of anilines is 1. The molecule has 124 valence electrons. The van der Waals surface area contributed by atoms with E-state index in [1.54, 1.807) is 7.11 Å². The van der Waals surface area contributed by atoms with E-state index in [4.69, 9.17) is 19.9 Å². The number of ether oxygens (including phenoxy) is 3. The van der Waals surface area contributed by atoms with E-state index in [9.17, 15) is 0 Å². The Morgan fingerprint density at radius 1 is 0.958 bits per heavy atom. The van der Waals surface area contributed by atoms with Crippen molar-refractivity contribution in [2.24, 2.45) is 0 Å². The standard InChI is InChI=1S/C18H18N2O3S/c1-21-14-5-7-15(8-6-14)22-9-10-23-16-4-2-3-13(11-16)17-12-24-18(19)20-17/h2-8,11-12H,9-10H2,1H3,(H2,19,20). The number of nitrogen functional groups attached to an aromatic ring is 1. The van der Waals surface area contributed by atoms with Crippen molar-refractivity contribution in [1.82, 2.24) is 4.98 Å². The molecule has 3 aromatic rings. The predicted octanol–water partition coefficient (Wildman–Crippen LogP) is 3.86. The first kappa shape index (κ1) is 16.1. The predicted molar refractivity (Wildman–Crippen MR) is 95.9 cm³/mol. The SMILES string of the molecule is COc1ccc(OCCOc2cccc(-c3csc(N)n3)c2)cc1. The first-order valence-electron chi connectivity index (χ1n) is 7.46. The van der Waals surface area contributed by atoms with E-state index in [1.165, 1.54) is 11.3 Å². The third-order valence-corrected chi connectivity index (χ3v) is 4.01. The lowest BCUT2D eigenvalue weighted by atomic mass is 10.2. The normalized spacial score (nSPS) is 10.4. The van der Waals surface area contributed by atoms with Crippen molar-refractivity contribution in [3.8, 4) is 28.5 Å². The van der Waals surface area contributed by atoms with Crippen molar-refractivity contribution in [2.45, 2.75) is 0 Å². The molecule has 0 fully saturated rings. The Balaban J connectivity index is 1.51. The Labute approximate surface area is 144 Å². The highest BCUT2D eigenvalue weighted by Crippen LogP contribution is 2.26. The van der Waals surface area contributed by atoms with Crippen LogP contribution in [0.2, 0.25) is 0 Å². The molecule has 0 aliphatic heterocycles. The molecule has 24 heavy (non-hydrogen) atoms. The van der Waals surface area contributed by atoms with Crippen LogP contribution in [-0.2, 0) is 0 Å². The van der Waals surface area contributed by atoms with Gasteiger partial charge in [0.05, 0.1) is 12.8 Å². The number of rotatable bonds is 7. The number of nitrogens with zero attached hydrogens (tertiary/aromatic N) is 1. The minimum absolute atomic E-state index is 0.453. The Morgan fingerprint density at radius 3 is 2.33 bits per heavy atom. The van der Waals surface area contributed by atoms with Gasteiger partial charge in [-0.2, -0.15) is 0 Å². The Morgan fingerprint density at radius 2 is 1.67 bits per heavy atom. The molecule has 0 saturated carbocycles. The van der Waals surface area contributed by atoms with Crippen LogP contribution in [0.25, 0.3) is 11.3 Å². The van der Waals surface area contributed by atoms with Gasteiger partial charge in [0.15, 0.2) is 5.13 Å². The second-order valence-electron chi connectivity index (χ2n) is 4.97. The van der Waals surface area contributed by atoms with Crippen LogP contribution in [0.1, 0.15) is 0 Å². The van der Waals surface area contributed by atoms with Gasteiger partial charge in [0.2, 0.25) is 0 Å². The highest BCUT2D eigenvalue weighted by Gasteiger charge is 2.04. The molecule has 0 spiro atoms. The van der Waals surface area contributed by atoms with E-state index >= 15 is 0 Å². The fourth-order valence-corrected chi connectivity index (χ4v) is 2.73. The van der Waals surface area contributed by atoms with Crippen LogP contribution in [0.5, 0.6) is 17.2 Å². The fraction of sp³-hybridized carbons (Fsp3) is 0.167. The first-order valence-corrected chi connectivity index (χ1v) is 8.33. The zero-order valence-corrected chi connectivity index (χ0v) is 14.1. The van der Waals surface area contributed by atoms with Gasteiger partial charge in [0.25, 0.3) is 0 Å². The Bertz CT molecular complexity index is 787. The summed E-state index contributed by atoms with van der Waals surface area (Å²) in [5, 5.41) is 2.49. The molecule has 0 unspecified atom stereocenters. The summed E-state index contributed by atoms with van der Waals surface area (Å²) in [4.78, 5) is 4.28. The smallest absolute Gasteiger partial charge is 0.180 e.